The van der Waals surface area contributed by atoms with E-state index in [0.29, 0.717) is 13.0 Å². The molecule has 6 heteroatoms. The van der Waals surface area contributed by atoms with E-state index >= 15 is 0 Å². The van der Waals surface area contributed by atoms with Crippen LogP contribution in [0.3, 0.4) is 0 Å². The highest BCUT2D eigenvalue weighted by molar-refractivity contribution is 5.96. The highest BCUT2D eigenvalue weighted by Crippen LogP contribution is 2.20. The molecule has 23 heavy (non-hydrogen) atoms. The van der Waals surface area contributed by atoms with Gasteiger partial charge in [-0.3, -0.25) is 4.79 Å². The van der Waals surface area contributed by atoms with Crippen molar-refractivity contribution in [3.05, 3.63) is 23.8 Å². The van der Waals surface area contributed by atoms with Crippen molar-refractivity contribution in [1.82, 2.24) is 10.2 Å². The first kappa shape index (κ1) is 21.7. The lowest BCUT2D eigenvalue weighted by Crippen LogP contribution is -2.35. The number of nitrogens with zero attached hydrogens (tertiary/aromatic N) is 1. The average molecular weight is 334 g/mol. The third kappa shape index (κ3) is 11.9. The summed E-state index contributed by atoms with van der Waals surface area (Å²) in [7, 11) is 0. The number of hydrogen-bond acceptors (Lipinski definition) is 2. The number of carbonyl (C=O) groups excluding carboxylic acids is 1. The monoisotopic (exact) mass is 334 g/mol. The number of allylic oxidation sites excluding steroid dienone is 2. The summed E-state index contributed by atoms with van der Waals surface area (Å²) in [6.45, 7) is 9.18. The Morgan fingerprint density at radius 2 is 1.87 bits per heavy atom. The van der Waals surface area contributed by atoms with Gasteiger partial charge >= 0.3 is 6.18 Å². The standard InChI is InChI=1S/C17H29F3N2O/c1-4-7-13-22(6-3)14-12-21-16(23)15(9-5-2)10-8-11-17(18,19)20/h8-10H,4-7,11-14H2,1-3H3,(H,21,23)/b10-8-,15-9+. The lowest BCUT2D eigenvalue weighted by Gasteiger charge is -2.20. The van der Waals surface area contributed by atoms with Gasteiger partial charge in [0, 0.05) is 18.7 Å². The van der Waals surface area contributed by atoms with E-state index in [1.54, 1.807) is 6.08 Å². The Hall–Kier alpha value is -1.30. The predicted octanol–water partition coefficient (Wildman–Crippen LogP) is 4.07. The topological polar surface area (TPSA) is 32.3 Å². The number of hydrogen-bond donors (Lipinski definition) is 1. The quantitative estimate of drug-likeness (QED) is 0.456. The van der Waals surface area contributed by atoms with Crippen LogP contribution in [0.15, 0.2) is 23.8 Å². The van der Waals surface area contributed by atoms with E-state index in [0.717, 1.165) is 38.6 Å². The van der Waals surface area contributed by atoms with Crippen LogP contribution >= 0.6 is 0 Å². The molecule has 0 unspecified atom stereocenters. The fourth-order valence-corrected chi connectivity index (χ4v) is 2.02. The molecule has 1 amide bonds. The van der Waals surface area contributed by atoms with Crippen LogP contribution in [0.4, 0.5) is 13.2 Å². The highest BCUT2D eigenvalue weighted by atomic mass is 19.4. The number of amides is 1. The molecule has 0 atom stereocenters. The van der Waals surface area contributed by atoms with Gasteiger partial charge in [-0.1, -0.05) is 45.4 Å². The van der Waals surface area contributed by atoms with Crippen LogP contribution in [-0.2, 0) is 4.79 Å². The predicted molar refractivity (Wildman–Crippen MR) is 88.2 cm³/mol. The molecule has 0 aliphatic heterocycles. The maximum absolute atomic E-state index is 12.1. The van der Waals surface area contributed by atoms with Gasteiger partial charge in [0.1, 0.15) is 0 Å². The van der Waals surface area contributed by atoms with Crippen molar-refractivity contribution in [2.24, 2.45) is 0 Å². The van der Waals surface area contributed by atoms with Gasteiger partial charge in [0.25, 0.3) is 5.91 Å². The van der Waals surface area contributed by atoms with Gasteiger partial charge in [0.2, 0.25) is 0 Å². The SMILES string of the molecule is CC/C=C(\C=C/CC(F)(F)F)C(=O)NCCN(CC)CCCC. The summed E-state index contributed by atoms with van der Waals surface area (Å²) in [6.07, 6.45) is 1.43. The zero-order chi connectivity index (χ0) is 17.7. The van der Waals surface area contributed by atoms with Gasteiger partial charge in [-0.05, 0) is 25.9 Å². The van der Waals surface area contributed by atoms with E-state index in [2.05, 4.69) is 24.1 Å². The van der Waals surface area contributed by atoms with Gasteiger partial charge in [-0.15, -0.1) is 0 Å². The Labute approximate surface area is 137 Å². The minimum Gasteiger partial charge on any atom is -0.351 e. The summed E-state index contributed by atoms with van der Waals surface area (Å²) in [5.41, 5.74) is 0.286. The molecule has 0 rings (SSSR count). The summed E-state index contributed by atoms with van der Waals surface area (Å²) in [5.74, 6) is -0.322. The van der Waals surface area contributed by atoms with Crippen LogP contribution in [0.2, 0.25) is 0 Å². The number of likely N-dealkylation sites (N-methyl/N-ethyl adjacent to an activating group) is 1. The van der Waals surface area contributed by atoms with Crippen molar-refractivity contribution < 1.29 is 18.0 Å². The molecule has 0 saturated carbocycles. The number of unbranched alkanes of at least 4 members (excludes halogenated alkanes) is 1. The minimum atomic E-state index is -4.24. The molecule has 0 aromatic carbocycles. The zero-order valence-electron chi connectivity index (χ0n) is 14.4. The summed E-state index contributed by atoms with van der Waals surface area (Å²) in [5, 5.41) is 2.78. The van der Waals surface area contributed by atoms with Crippen LogP contribution in [-0.4, -0.2) is 43.2 Å². The first-order valence-electron chi connectivity index (χ1n) is 8.28. The Balaban J connectivity index is 4.38. The van der Waals surface area contributed by atoms with E-state index in [1.807, 2.05) is 6.92 Å². The largest absolute Gasteiger partial charge is 0.392 e. The van der Waals surface area contributed by atoms with Gasteiger partial charge < -0.3 is 10.2 Å². The average Bonchev–Trinajstić information content (AvgIpc) is 2.48. The second-order valence-corrected chi connectivity index (χ2v) is 5.33. The second kappa shape index (κ2) is 12.2. The molecule has 0 aromatic rings. The Morgan fingerprint density at radius 1 is 1.17 bits per heavy atom. The maximum atomic E-state index is 12.1. The number of carbonyl (C=O) groups is 1. The molecule has 134 valence electrons. The van der Waals surface area contributed by atoms with Crippen LogP contribution in [0.25, 0.3) is 0 Å². The van der Waals surface area contributed by atoms with E-state index in [1.165, 1.54) is 6.08 Å². The van der Waals surface area contributed by atoms with E-state index in [-0.39, 0.29) is 11.5 Å². The first-order chi connectivity index (χ1) is 10.8. The van der Waals surface area contributed by atoms with Gasteiger partial charge in [-0.25, -0.2) is 0 Å². The molecule has 1 N–H and O–H groups in total. The molecule has 0 heterocycles. The van der Waals surface area contributed by atoms with Crippen molar-refractivity contribution in [1.29, 1.82) is 0 Å². The fraction of sp³-hybridized carbons (Fsp3) is 0.706. The Kier molecular flexibility index (Phi) is 11.5. The highest BCUT2D eigenvalue weighted by Gasteiger charge is 2.24. The molecule has 0 saturated heterocycles. The number of alkyl halides is 3. The van der Waals surface area contributed by atoms with Crippen molar-refractivity contribution in [3.8, 4) is 0 Å². The van der Waals surface area contributed by atoms with Crippen molar-refractivity contribution in [2.75, 3.05) is 26.2 Å². The molecule has 3 nitrogen and oxygen atoms in total. The first-order valence-corrected chi connectivity index (χ1v) is 8.28. The van der Waals surface area contributed by atoms with E-state index < -0.39 is 12.6 Å². The molecule has 0 fully saturated rings. The number of halogens is 3. The Bertz CT molecular complexity index is 390. The molecule has 0 aliphatic rings. The van der Waals surface area contributed by atoms with E-state index in [4.69, 9.17) is 0 Å². The molecule has 0 aromatic heterocycles. The van der Waals surface area contributed by atoms with Gasteiger partial charge in [0.05, 0.1) is 6.42 Å². The third-order valence-corrected chi connectivity index (χ3v) is 3.32. The second-order valence-electron chi connectivity index (χ2n) is 5.33. The lowest BCUT2D eigenvalue weighted by molar-refractivity contribution is -0.125. The lowest BCUT2D eigenvalue weighted by atomic mass is 10.1. The molecule has 0 radical (unpaired) electrons. The molecule has 0 spiro atoms. The molecular weight excluding hydrogens is 305 g/mol. The molecular formula is C17H29F3N2O. The van der Waals surface area contributed by atoms with Crippen LogP contribution < -0.4 is 5.32 Å². The summed E-state index contributed by atoms with van der Waals surface area (Å²) in [4.78, 5) is 14.3. The van der Waals surface area contributed by atoms with Gasteiger partial charge in [0.15, 0.2) is 0 Å². The summed E-state index contributed by atoms with van der Waals surface area (Å²) in [6, 6.07) is 0. The normalized spacial score (nSPS) is 13.1. The summed E-state index contributed by atoms with van der Waals surface area (Å²) < 4.78 is 36.4. The van der Waals surface area contributed by atoms with Crippen molar-refractivity contribution in [3.63, 3.8) is 0 Å². The van der Waals surface area contributed by atoms with Crippen molar-refractivity contribution in [2.45, 2.75) is 52.6 Å². The molecule has 0 aliphatic carbocycles. The van der Waals surface area contributed by atoms with Crippen LogP contribution in [0.1, 0.15) is 46.5 Å². The maximum Gasteiger partial charge on any atom is 0.392 e. The van der Waals surface area contributed by atoms with E-state index in [9.17, 15) is 18.0 Å². The van der Waals surface area contributed by atoms with Crippen LogP contribution in [0.5, 0.6) is 0 Å². The van der Waals surface area contributed by atoms with Crippen LogP contribution in [0, 0.1) is 0 Å². The van der Waals surface area contributed by atoms with Crippen molar-refractivity contribution >= 4 is 5.91 Å². The summed E-state index contributed by atoms with van der Waals surface area (Å²) >= 11 is 0. The smallest absolute Gasteiger partial charge is 0.351 e. The Morgan fingerprint density at radius 3 is 2.39 bits per heavy atom. The zero-order valence-corrected chi connectivity index (χ0v) is 14.4. The number of rotatable bonds is 11. The fourth-order valence-electron chi connectivity index (χ4n) is 2.02. The third-order valence-electron chi connectivity index (χ3n) is 3.32. The minimum absolute atomic E-state index is 0.286. The van der Waals surface area contributed by atoms with Gasteiger partial charge in [-0.2, -0.15) is 13.2 Å². The molecule has 0 bridgehead atoms. The number of nitrogens with one attached hydrogen (secondary N) is 1.